The standard InChI is InChI=1S/C16H29N3O/c1-4-13-10-14(19(2)18-13)11-15(17)16(20-3)12-8-6-5-7-9-12/h10,12,15-16H,4-9,11,17H2,1-3H3. The molecule has 1 heterocycles. The first-order chi connectivity index (χ1) is 9.65. The van der Waals surface area contributed by atoms with Gasteiger partial charge in [-0.05, 0) is 31.2 Å². The second-order valence-electron chi connectivity index (χ2n) is 6.07. The van der Waals surface area contributed by atoms with Gasteiger partial charge in [0.15, 0.2) is 0 Å². The Kier molecular flexibility index (Phi) is 5.61. The van der Waals surface area contributed by atoms with Gasteiger partial charge in [0.05, 0.1) is 11.8 Å². The molecule has 1 fully saturated rings. The molecule has 2 rings (SSSR count). The second-order valence-corrected chi connectivity index (χ2v) is 6.07. The lowest BCUT2D eigenvalue weighted by Crippen LogP contribution is -2.43. The predicted octanol–water partition coefficient (Wildman–Crippen LogP) is 2.45. The van der Waals surface area contributed by atoms with Crippen molar-refractivity contribution in [3.63, 3.8) is 0 Å². The maximum atomic E-state index is 6.44. The first kappa shape index (κ1) is 15.5. The van der Waals surface area contributed by atoms with Crippen LogP contribution in [0, 0.1) is 5.92 Å². The number of nitrogens with zero attached hydrogens (tertiary/aromatic N) is 2. The average molecular weight is 279 g/mol. The van der Waals surface area contributed by atoms with Crippen molar-refractivity contribution in [2.45, 2.75) is 64.0 Å². The molecule has 20 heavy (non-hydrogen) atoms. The van der Waals surface area contributed by atoms with Crippen molar-refractivity contribution in [1.82, 2.24) is 9.78 Å². The quantitative estimate of drug-likeness (QED) is 0.870. The molecule has 0 aliphatic heterocycles. The fourth-order valence-electron chi connectivity index (χ4n) is 3.47. The van der Waals surface area contributed by atoms with E-state index in [0.717, 1.165) is 18.5 Å². The van der Waals surface area contributed by atoms with E-state index < -0.39 is 0 Å². The van der Waals surface area contributed by atoms with Gasteiger partial charge in [0.1, 0.15) is 0 Å². The summed E-state index contributed by atoms with van der Waals surface area (Å²) in [6.07, 6.45) is 8.53. The summed E-state index contributed by atoms with van der Waals surface area (Å²) in [6.45, 7) is 2.13. The summed E-state index contributed by atoms with van der Waals surface area (Å²) in [5, 5.41) is 4.50. The fraction of sp³-hybridized carbons (Fsp3) is 0.812. The van der Waals surface area contributed by atoms with E-state index in [1.54, 1.807) is 7.11 Å². The largest absolute Gasteiger partial charge is 0.380 e. The topological polar surface area (TPSA) is 53.1 Å². The lowest BCUT2D eigenvalue weighted by atomic mass is 9.82. The molecule has 1 aromatic heterocycles. The molecule has 0 amide bonds. The van der Waals surface area contributed by atoms with Crippen LogP contribution in [0.3, 0.4) is 0 Å². The van der Waals surface area contributed by atoms with Gasteiger partial charge in [0.25, 0.3) is 0 Å². The maximum Gasteiger partial charge on any atom is 0.0754 e. The van der Waals surface area contributed by atoms with E-state index in [0.29, 0.717) is 5.92 Å². The number of aryl methyl sites for hydroxylation is 2. The van der Waals surface area contributed by atoms with Gasteiger partial charge in [-0.2, -0.15) is 5.10 Å². The summed E-state index contributed by atoms with van der Waals surface area (Å²) in [4.78, 5) is 0. The van der Waals surface area contributed by atoms with Gasteiger partial charge in [-0.15, -0.1) is 0 Å². The van der Waals surface area contributed by atoms with Crippen LogP contribution in [-0.2, 0) is 24.6 Å². The predicted molar refractivity (Wildman–Crippen MR) is 81.6 cm³/mol. The Morgan fingerprint density at radius 1 is 1.40 bits per heavy atom. The Balaban J connectivity index is 2.00. The zero-order valence-corrected chi connectivity index (χ0v) is 13.1. The van der Waals surface area contributed by atoms with Gasteiger partial charge < -0.3 is 10.5 Å². The smallest absolute Gasteiger partial charge is 0.0754 e. The number of ether oxygens (including phenoxy) is 1. The lowest BCUT2D eigenvalue weighted by Gasteiger charge is -2.33. The normalized spacial score (nSPS) is 20.0. The van der Waals surface area contributed by atoms with E-state index in [4.69, 9.17) is 10.5 Å². The van der Waals surface area contributed by atoms with E-state index in [1.165, 1.54) is 37.8 Å². The highest BCUT2D eigenvalue weighted by Gasteiger charge is 2.29. The Morgan fingerprint density at radius 2 is 2.10 bits per heavy atom. The monoisotopic (exact) mass is 279 g/mol. The molecule has 2 N–H and O–H groups in total. The van der Waals surface area contributed by atoms with Crippen LogP contribution < -0.4 is 5.73 Å². The second kappa shape index (κ2) is 7.23. The molecule has 0 radical (unpaired) electrons. The Labute approximate surface area is 122 Å². The van der Waals surface area contributed by atoms with Crippen molar-refractivity contribution in [2.75, 3.05) is 7.11 Å². The Bertz CT molecular complexity index is 410. The van der Waals surface area contributed by atoms with Gasteiger partial charge in [0, 0.05) is 32.3 Å². The Morgan fingerprint density at radius 3 is 2.65 bits per heavy atom. The van der Waals surface area contributed by atoms with Crippen molar-refractivity contribution in [1.29, 1.82) is 0 Å². The minimum Gasteiger partial charge on any atom is -0.380 e. The molecule has 1 aliphatic rings. The molecule has 0 saturated heterocycles. The number of methoxy groups -OCH3 is 1. The minimum absolute atomic E-state index is 0.0585. The van der Waals surface area contributed by atoms with Gasteiger partial charge in [0.2, 0.25) is 0 Å². The SMILES string of the molecule is CCc1cc(CC(N)C(OC)C2CCCCC2)n(C)n1. The molecule has 0 spiro atoms. The first-order valence-corrected chi connectivity index (χ1v) is 7.95. The number of rotatable bonds is 6. The third-order valence-electron chi connectivity index (χ3n) is 4.64. The van der Waals surface area contributed by atoms with E-state index in [2.05, 4.69) is 18.1 Å². The summed E-state index contributed by atoms with van der Waals surface area (Å²) >= 11 is 0. The third-order valence-corrected chi connectivity index (χ3v) is 4.64. The van der Waals surface area contributed by atoms with Crippen molar-refractivity contribution >= 4 is 0 Å². The summed E-state index contributed by atoms with van der Waals surface area (Å²) < 4.78 is 7.71. The highest BCUT2D eigenvalue weighted by Crippen LogP contribution is 2.29. The maximum absolute atomic E-state index is 6.44. The molecule has 2 unspecified atom stereocenters. The van der Waals surface area contributed by atoms with E-state index in [1.807, 2.05) is 11.7 Å². The van der Waals surface area contributed by atoms with E-state index >= 15 is 0 Å². The van der Waals surface area contributed by atoms with Gasteiger partial charge >= 0.3 is 0 Å². The molecule has 114 valence electrons. The van der Waals surface area contributed by atoms with Crippen molar-refractivity contribution in [2.24, 2.45) is 18.7 Å². The van der Waals surface area contributed by atoms with Gasteiger partial charge in [-0.3, -0.25) is 4.68 Å². The van der Waals surface area contributed by atoms with Crippen LogP contribution in [0.1, 0.15) is 50.4 Å². The first-order valence-electron chi connectivity index (χ1n) is 7.95. The average Bonchev–Trinajstić information content (AvgIpc) is 2.81. The van der Waals surface area contributed by atoms with Crippen LogP contribution in [0.25, 0.3) is 0 Å². The minimum atomic E-state index is 0.0585. The molecular weight excluding hydrogens is 250 g/mol. The lowest BCUT2D eigenvalue weighted by molar-refractivity contribution is 0.0175. The molecule has 1 aromatic rings. The molecular formula is C16H29N3O. The van der Waals surface area contributed by atoms with Crippen LogP contribution in [0.2, 0.25) is 0 Å². The molecule has 0 bridgehead atoms. The molecule has 4 heteroatoms. The highest BCUT2D eigenvalue weighted by molar-refractivity contribution is 5.12. The summed E-state index contributed by atoms with van der Waals surface area (Å²) in [5.41, 5.74) is 8.80. The van der Waals surface area contributed by atoms with E-state index in [9.17, 15) is 0 Å². The Hall–Kier alpha value is -0.870. The molecule has 1 aliphatic carbocycles. The van der Waals surface area contributed by atoms with Crippen molar-refractivity contribution in [3.05, 3.63) is 17.5 Å². The molecule has 4 nitrogen and oxygen atoms in total. The fourth-order valence-corrected chi connectivity index (χ4v) is 3.47. The number of nitrogens with two attached hydrogens (primary N) is 1. The molecule has 0 aromatic carbocycles. The van der Waals surface area contributed by atoms with Crippen molar-refractivity contribution < 1.29 is 4.74 Å². The van der Waals surface area contributed by atoms with Gasteiger partial charge in [-0.25, -0.2) is 0 Å². The van der Waals surface area contributed by atoms with Crippen LogP contribution >= 0.6 is 0 Å². The molecule has 1 saturated carbocycles. The van der Waals surface area contributed by atoms with Crippen molar-refractivity contribution in [3.8, 4) is 0 Å². The van der Waals surface area contributed by atoms with Crippen LogP contribution in [-0.4, -0.2) is 29.0 Å². The third kappa shape index (κ3) is 3.61. The van der Waals surface area contributed by atoms with Crippen LogP contribution in [0.4, 0.5) is 0 Å². The molecule has 2 atom stereocenters. The summed E-state index contributed by atoms with van der Waals surface area (Å²) in [6, 6.07) is 2.23. The highest BCUT2D eigenvalue weighted by atomic mass is 16.5. The number of aromatic nitrogens is 2. The number of hydrogen-bond donors (Lipinski definition) is 1. The van der Waals surface area contributed by atoms with E-state index in [-0.39, 0.29) is 12.1 Å². The zero-order valence-electron chi connectivity index (χ0n) is 13.1. The van der Waals surface area contributed by atoms with Crippen LogP contribution in [0.15, 0.2) is 6.07 Å². The summed E-state index contributed by atoms with van der Waals surface area (Å²) in [5.74, 6) is 0.627. The number of hydrogen-bond acceptors (Lipinski definition) is 3. The zero-order chi connectivity index (χ0) is 14.5. The summed E-state index contributed by atoms with van der Waals surface area (Å²) in [7, 11) is 3.81. The van der Waals surface area contributed by atoms with Crippen LogP contribution in [0.5, 0.6) is 0 Å². The van der Waals surface area contributed by atoms with Gasteiger partial charge in [-0.1, -0.05) is 26.2 Å².